The number of hydrogen-bond acceptors (Lipinski definition) is 7. The van der Waals surface area contributed by atoms with Gasteiger partial charge < -0.3 is 19.3 Å². The van der Waals surface area contributed by atoms with Crippen LogP contribution in [0.4, 0.5) is 13.2 Å². The molecule has 168 valence electrons. The van der Waals surface area contributed by atoms with Crippen molar-refractivity contribution < 1.29 is 42.1 Å². The Balaban J connectivity index is 0.000000303. The van der Waals surface area contributed by atoms with Crippen LogP contribution in [0.1, 0.15) is 26.5 Å². The predicted molar refractivity (Wildman–Crippen MR) is 105 cm³/mol. The first-order valence-electron chi connectivity index (χ1n) is 8.78. The van der Waals surface area contributed by atoms with Gasteiger partial charge in [-0.2, -0.15) is 13.2 Å². The summed E-state index contributed by atoms with van der Waals surface area (Å²) in [6.07, 6.45) is -2.97. The van der Waals surface area contributed by atoms with E-state index in [-0.39, 0.29) is 23.1 Å². The van der Waals surface area contributed by atoms with Crippen molar-refractivity contribution in [1.29, 1.82) is 0 Å². The van der Waals surface area contributed by atoms with Crippen LogP contribution in [0.5, 0.6) is 17.4 Å². The second-order valence-corrected chi connectivity index (χ2v) is 5.84. The number of nitrogens with zero attached hydrogens (tertiary/aromatic N) is 2. The molecule has 1 aromatic carbocycles. The Bertz CT molecular complexity index is 1070. The highest BCUT2D eigenvalue weighted by atomic mass is 19.4. The number of carbonyl (C=O) groups is 2. The molecule has 0 aliphatic rings. The number of hydrogen-bond donors (Lipinski definition) is 1. The van der Waals surface area contributed by atoms with Crippen LogP contribution in [-0.2, 0) is 10.9 Å². The first-order valence-corrected chi connectivity index (χ1v) is 8.78. The molecule has 0 saturated carbocycles. The fourth-order valence-electron chi connectivity index (χ4n) is 2.21. The lowest BCUT2D eigenvalue weighted by molar-refractivity contribution is -0.137. The van der Waals surface area contributed by atoms with Gasteiger partial charge in [0.05, 0.1) is 19.8 Å². The van der Waals surface area contributed by atoms with Gasteiger partial charge in [-0.15, -0.1) is 0 Å². The van der Waals surface area contributed by atoms with Gasteiger partial charge >= 0.3 is 18.1 Å². The third-order valence-corrected chi connectivity index (χ3v) is 3.70. The van der Waals surface area contributed by atoms with Gasteiger partial charge in [0.25, 0.3) is 5.88 Å². The standard InChI is InChI=1S/C14H10F3NO4.C7H7NO2/c1-21-11-6-5-10(13(19)20)18-12(11)22-9-4-2-3-8(7-9)14(15,16)17;1-10-7(9)6-4-2-3-5-8-6/h2-7H,1H3,(H,19,20);2-5H,1H3. The summed E-state index contributed by atoms with van der Waals surface area (Å²) in [5, 5.41) is 8.88. The zero-order valence-corrected chi connectivity index (χ0v) is 16.8. The summed E-state index contributed by atoms with van der Waals surface area (Å²) < 4.78 is 52.6. The van der Waals surface area contributed by atoms with Crippen LogP contribution in [0.25, 0.3) is 0 Å². The Morgan fingerprint density at radius 1 is 0.969 bits per heavy atom. The fraction of sp³-hybridized carbons (Fsp3) is 0.143. The molecule has 0 radical (unpaired) electrons. The predicted octanol–water partition coefficient (Wildman–Crippen LogP) is 4.47. The maximum atomic E-state index is 12.6. The van der Waals surface area contributed by atoms with Crippen LogP contribution in [-0.4, -0.2) is 41.2 Å². The van der Waals surface area contributed by atoms with E-state index in [1.807, 2.05) is 0 Å². The van der Waals surface area contributed by atoms with Crippen molar-refractivity contribution in [2.24, 2.45) is 0 Å². The molecular weight excluding hydrogens is 433 g/mol. The number of methoxy groups -OCH3 is 2. The number of esters is 1. The van der Waals surface area contributed by atoms with Crippen LogP contribution in [0.15, 0.2) is 60.8 Å². The van der Waals surface area contributed by atoms with E-state index >= 15 is 0 Å². The molecule has 0 saturated heterocycles. The van der Waals surface area contributed by atoms with Crippen molar-refractivity contribution in [3.63, 3.8) is 0 Å². The third kappa shape index (κ3) is 6.69. The Hall–Kier alpha value is -4.15. The second kappa shape index (κ2) is 10.8. The lowest BCUT2D eigenvalue weighted by atomic mass is 10.2. The number of pyridine rings is 2. The molecule has 0 aliphatic carbocycles. The Kier molecular flexibility index (Phi) is 8.11. The summed E-state index contributed by atoms with van der Waals surface area (Å²) >= 11 is 0. The molecule has 0 atom stereocenters. The molecule has 0 amide bonds. The molecule has 3 rings (SSSR count). The third-order valence-electron chi connectivity index (χ3n) is 3.70. The molecular formula is C21H17F3N2O6. The van der Waals surface area contributed by atoms with Crippen molar-refractivity contribution in [2.45, 2.75) is 6.18 Å². The Labute approximate surface area is 180 Å². The van der Waals surface area contributed by atoms with Gasteiger partial charge in [-0.25, -0.2) is 19.6 Å². The van der Waals surface area contributed by atoms with Gasteiger partial charge in [0.2, 0.25) is 0 Å². The number of carbonyl (C=O) groups excluding carboxylic acids is 1. The lowest BCUT2D eigenvalue weighted by Gasteiger charge is -2.11. The van der Waals surface area contributed by atoms with Crippen LogP contribution in [0, 0.1) is 0 Å². The molecule has 1 N–H and O–H groups in total. The number of ether oxygens (including phenoxy) is 3. The van der Waals surface area contributed by atoms with E-state index in [4.69, 9.17) is 14.6 Å². The zero-order chi connectivity index (χ0) is 23.7. The molecule has 0 spiro atoms. The van der Waals surface area contributed by atoms with Gasteiger partial charge in [-0.05, 0) is 42.5 Å². The molecule has 2 heterocycles. The summed E-state index contributed by atoms with van der Waals surface area (Å²) in [5.41, 5.74) is -0.869. The molecule has 0 bridgehead atoms. The SMILES string of the molecule is COC(=O)c1ccccn1.COc1ccc(C(=O)O)nc1Oc1cccc(C(F)(F)F)c1. The van der Waals surface area contributed by atoms with E-state index in [2.05, 4.69) is 14.7 Å². The molecule has 3 aromatic rings. The number of aromatic carboxylic acids is 1. The summed E-state index contributed by atoms with van der Waals surface area (Å²) in [5.74, 6) is -1.97. The van der Waals surface area contributed by atoms with Gasteiger partial charge in [0, 0.05) is 6.20 Å². The number of carboxylic acids is 1. The number of halogens is 3. The average Bonchev–Trinajstić information content (AvgIpc) is 2.79. The summed E-state index contributed by atoms with van der Waals surface area (Å²) in [4.78, 5) is 29.1. The number of benzene rings is 1. The lowest BCUT2D eigenvalue weighted by Crippen LogP contribution is -2.05. The summed E-state index contributed by atoms with van der Waals surface area (Å²) in [6.45, 7) is 0. The maximum absolute atomic E-state index is 12.6. The first-order chi connectivity index (χ1) is 15.2. The number of alkyl halides is 3. The number of aromatic nitrogens is 2. The summed E-state index contributed by atoms with van der Waals surface area (Å²) in [6, 6.07) is 11.7. The molecule has 11 heteroatoms. The molecule has 0 unspecified atom stereocenters. The van der Waals surface area contributed by atoms with E-state index in [9.17, 15) is 22.8 Å². The Morgan fingerprint density at radius 2 is 1.72 bits per heavy atom. The Morgan fingerprint density at radius 3 is 2.28 bits per heavy atom. The minimum absolute atomic E-state index is 0.0995. The van der Waals surface area contributed by atoms with Gasteiger partial charge in [-0.3, -0.25) is 0 Å². The highest BCUT2D eigenvalue weighted by Gasteiger charge is 2.30. The highest BCUT2D eigenvalue weighted by molar-refractivity contribution is 5.87. The zero-order valence-electron chi connectivity index (χ0n) is 16.8. The van der Waals surface area contributed by atoms with Crippen LogP contribution < -0.4 is 9.47 Å². The van der Waals surface area contributed by atoms with E-state index in [1.54, 1.807) is 24.4 Å². The van der Waals surface area contributed by atoms with Crippen LogP contribution >= 0.6 is 0 Å². The van der Waals surface area contributed by atoms with E-state index in [1.165, 1.54) is 38.5 Å². The molecule has 8 nitrogen and oxygen atoms in total. The van der Waals surface area contributed by atoms with Crippen molar-refractivity contribution in [3.05, 3.63) is 77.7 Å². The molecule has 2 aromatic heterocycles. The average molecular weight is 450 g/mol. The second-order valence-electron chi connectivity index (χ2n) is 5.84. The maximum Gasteiger partial charge on any atom is 0.416 e. The number of rotatable bonds is 5. The topological polar surface area (TPSA) is 108 Å². The smallest absolute Gasteiger partial charge is 0.416 e. The van der Waals surface area contributed by atoms with E-state index in [0.717, 1.165) is 12.1 Å². The van der Waals surface area contributed by atoms with Gasteiger partial charge in [-0.1, -0.05) is 12.1 Å². The molecule has 32 heavy (non-hydrogen) atoms. The van der Waals surface area contributed by atoms with E-state index in [0.29, 0.717) is 5.69 Å². The monoisotopic (exact) mass is 450 g/mol. The quantitative estimate of drug-likeness (QED) is 0.568. The minimum atomic E-state index is -4.51. The van der Waals surface area contributed by atoms with Gasteiger partial charge in [0.15, 0.2) is 11.4 Å². The molecule has 0 fully saturated rings. The van der Waals surface area contributed by atoms with Crippen molar-refractivity contribution in [1.82, 2.24) is 9.97 Å². The summed E-state index contributed by atoms with van der Waals surface area (Å²) in [7, 11) is 2.63. The number of carboxylic acid groups (broad SMARTS) is 1. The normalized spacial score (nSPS) is 10.4. The fourth-order valence-corrected chi connectivity index (χ4v) is 2.21. The van der Waals surface area contributed by atoms with Crippen molar-refractivity contribution in [2.75, 3.05) is 14.2 Å². The largest absolute Gasteiger partial charge is 0.491 e. The van der Waals surface area contributed by atoms with Crippen LogP contribution in [0.3, 0.4) is 0 Å². The van der Waals surface area contributed by atoms with Crippen molar-refractivity contribution >= 4 is 11.9 Å². The molecule has 0 aliphatic heterocycles. The minimum Gasteiger partial charge on any atom is -0.491 e. The first kappa shape index (κ1) is 24.1. The van der Waals surface area contributed by atoms with Crippen LogP contribution in [0.2, 0.25) is 0 Å². The van der Waals surface area contributed by atoms with Crippen molar-refractivity contribution in [3.8, 4) is 17.4 Å². The van der Waals surface area contributed by atoms with E-state index < -0.39 is 23.7 Å². The highest BCUT2D eigenvalue weighted by Crippen LogP contribution is 2.34. The van der Waals surface area contributed by atoms with Gasteiger partial charge in [0.1, 0.15) is 11.4 Å².